The van der Waals surface area contributed by atoms with E-state index in [1.807, 2.05) is 36.4 Å². The van der Waals surface area contributed by atoms with E-state index in [0.717, 1.165) is 73.2 Å². The summed E-state index contributed by atoms with van der Waals surface area (Å²) in [6.07, 6.45) is 1.78. The van der Waals surface area contributed by atoms with Crippen LogP contribution in [-0.4, -0.2) is 68.2 Å². The predicted molar refractivity (Wildman–Crippen MR) is 217 cm³/mol. The first-order chi connectivity index (χ1) is 25.8. The Morgan fingerprint density at radius 3 is 2.53 bits per heavy atom. The van der Waals surface area contributed by atoms with Crippen LogP contribution in [-0.2, 0) is 23.0 Å². The number of nitrogens with zero attached hydrogens (tertiary/aromatic N) is 3. The van der Waals surface area contributed by atoms with Gasteiger partial charge in [-0.05, 0) is 89.5 Å². The minimum atomic E-state index is -4.25. The van der Waals surface area contributed by atoms with Crippen molar-refractivity contribution in [3.05, 3.63) is 137 Å². The molecule has 0 aromatic heterocycles. The summed E-state index contributed by atoms with van der Waals surface area (Å²) in [6, 6.07) is 38.5. The molecule has 0 saturated carbocycles. The average Bonchev–Trinajstić information content (AvgIpc) is 3.18. The molecule has 0 aliphatic carbocycles. The molecule has 1 atom stereocenters. The molecule has 8 nitrogen and oxygen atoms in total. The number of aryl methyl sites for hydroxylation is 1. The van der Waals surface area contributed by atoms with Crippen LogP contribution >= 0.6 is 35.3 Å². The van der Waals surface area contributed by atoms with Crippen LogP contribution in [0.25, 0.3) is 11.1 Å². The molecule has 0 unspecified atom stereocenters. The van der Waals surface area contributed by atoms with Gasteiger partial charge in [-0.3, -0.25) is 9.69 Å². The Morgan fingerprint density at radius 1 is 0.925 bits per heavy atom. The van der Waals surface area contributed by atoms with Crippen molar-refractivity contribution in [3.63, 3.8) is 0 Å². The minimum Gasteiger partial charge on any atom is -0.371 e. The lowest BCUT2D eigenvalue weighted by molar-refractivity contribution is 0.0981. The number of anilines is 2. The molecule has 0 spiro atoms. The lowest BCUT2D eigenvalue weighted by Crippen LogP contribution is -2.54. The number of thioether (sulfide) groups is 1. The fraction of sp³-hybridized carbons (Fsp3) is 0.244. The zero-order chi connectivity index (χ0) is 36.4. The molecular weight excluding hydrogens is 742 g/mol. The van der Waals surface area contributed by atoms with Gasteiger partial charge >= 0.3 is 0 Å². The molecule has 12 heteroatoms. The van der Waals surface area contributed by atoms with Crippen LogP contribution in [0.15, 0.2) is 130 Å². The maximum atomic E-state index is 13.6. The van der Waals surface area contributed by atoms with Gasteiger partial charge in [0.15, 0.2) is 0 Å². The van der Waals surface area contributed by atoms with Crippen molar-refractivity contribution < 1.29 is 13.2 Å². The highest BCUT2D eigenvalue weighted by Gasteiger charge is 2.33. The fourth-order valence-electron chi connectivity index (χ4n) is 7.40. The van der Waals surface area contributed by atoms with Crippen molar-refractivity contribution in [3.8, 4) is 11.1 Å². The maximum absolute atomic E-state index is 13.6. The van der Waals surface area contributed by atoms with E-state index in [1.54, 1.807) is 30.0 Å². The van der Waals surface area contributed by atoms with Crippen molar-refractivity contribution in [2.45, 2.75) is 40.1 Å². The lowest BCUT2D eigenvalue weighted by Gasteiger charge is -2.46. The highest BCUT2D eigenvalue weighted by molar-refractivity contribution is 7.99. The summed E-state index contributed by atoms with van der Waals surface area (Å²) in [5.74, 6) is 0.209. The fourth-order valence-corrected chi connectivity index (χ4v) is 11.0. The number of rotatable bonds is 10. The Balaban J connectivity index is 0.903. The second-order valence-electron chi connectivity index (χ2n) is 13.5. The number of nitrogens with one attached hydrogen (secondary N) is 2. The standard InChI is InChI=1S/C41H40ClN5O3S3/c42-36-24-37-39(52-46(28-43-37)21-22-51-34-12-5-2-6-13-34)25-40(36)53(49,50)44-41(48)31-16-18-38-30(23-31)15-17-33-27-45(19-20-47(33)38)26-32-11-7-8-14-35(32)29-9-3-1-4-10-29/h1-14,16,18,23-25,33,43H,15,17,19-22,26-28H2,(H,44,48)/t33-/m0/s1. The van der Waals surface area contributed by atoms with E-state index in [1.165, 1.54) is 33.5 Å². The Morgan fingerprint density at radius 2 is 1.70 bits per heavy atom. The zero-order valence-corrected chi connectivity index (χ0v) is 32.3. The van der Waals surface area contributed by atoms with E-state index >= 15 is 0 Å². The summed E-state index contributed by atoms with van der Waals surface area (Å²) in [6.45, 7) is 5.06. The molecule has 5 aromatic rings. The summed E-state index contributed by atoms with van der Waals surface area (Å²) < 4.78 is 31.6. The highest BCUT2D eigenvalue weighted by atomic mass is 35.5. The molecule has 1 fully saturated rings. The Bertz CT molecular complexity index is 2230. The molecule has 3 heterocycles. The summed E-state index contributed by atoms with van der Waals surface area (Å²) in [7, 11) is -4.25. The Kier molecular flexibility index (Phi) is 10.7. The zero-order valence-electron chi connectivity index (χ0n) is 29.1. The van der Waals surface area contributed by atoms with E-state index in [0.29, 0.717) is 18.3 Å². The smallest absolute Gasteiger partial charge is 0.265 e. The average molecular weight is 782 g/mol. The summed E-state index contributed by atoms with van der Waals surface area (Å²) in [4.78, 5) is 20.3. The van der Waals surface area contributed by atoms with Crippen molar-refractivity contribution >= 4 is 62.6 Å². The normalized spacial score (nSPS) is 17.3. The number of piperazine rings is 1. The van der Waals surface area contributed by atoms with E-state index in [4.69, 9.17) is 11.6 Å². The molecule has 0 bridgehead atoms. The number of fused-ring (bicyclic) bond motifs is 4. The number of hydrogen-bond acceptors (Lipinski definition) is 9. The summed E-state index contributed by atoms with van der Waals surface area (Å²) in [5.41, 5.74) is 7.11. The highest BCUT2D eigenvalue weighted by Crippen LogP contribution is 2.40. The first-order valence-electron chi connectivity index (χ1n) is 17.8. The van der Waals surface area contributed by atoms with E-state index in [2.05, 4.69) is 84.8 Å². The first-order valence-corrected chi connectivity index (χ1v) is 21.4. The van der Waals surface area contributed by atoms with Gasteiger partial charge in [0.25, 0.3) is 15.9 Å². The van der Waals surface area contributed by atoms with Gasteiger partial charge in [0, 0.05) is 65.6 Å². The quantitative estimate of drug-likeness (QED) is 0.108. The second-order valence-corrected chi connectivity index (χ2v) is 17.9. The van der Waals surface area contributed by atoms with Gasteiger partial charge in [-0.2, -0.15) is 0 Å². The monoisotopic (exact) mass is 781 g/mol. The molecule has 272 valence electrons. The molecule has 3 aliphatic heterocycles. The second kappa shape index (κ2) is 15.8. The molecule has 2 N–H and O–H groups in total. The van der Waals surface area contributed by atoms with Crippen LogP contribution in [0.2, 0.25) is 5.02 Å². The number of benzene rings is 5. The summed E-state index contributed by atoms with van der Waals surface area (Å²) >= 11 is 9.76. The largest absolute Gasteiger partial charge is 0.371 e. The van der Waals surface area contributed by atoms with Gasteiger partial charge in [-0.15, -0.1) is 11.8 Å². The number of carbonyl (C=O) groups excluding carboxylic acids is 1. The van der Waals surface area contributed by atoms with Crippen LogP contribution in [0.1, 0.15) is 27.9 Å². The van der Waals surface area contributed by atoms with Crippen molar-refractivity contribution in [1.82, 2.24) is 13.9 Å². The number of amides is 1. The molecule has 3 aliphatic rings. The molecular formula is C41H40ClN5O3S3. The van der Waals surface area contributed by atoms with Gasteiger partial charge in [0.05, 0.1) is 17.4 Å². The molecule has 8 rings (SSSR count). The molecule has 53 heavy (non-hydrogen) atoms. The first kappa shape index (κ1) is 36.0. The molecule has 1 amide bonds. The topological polar surface area (TPSA) is 85.0 Å². The van der Waals surface area contributed by atoms with Gasteiger partial charge in [0.1, 0.15) is 4.90 Å². The number of carbonyl (C=O) groups is 1. The summed E-state index contributed by atoms with van der Waals surface area (Å²) in [5, 5.41) is 3.40. The van der Waals surface area contributed by atoms with Crippen LogP contribution in [0.5, 0.6) is 0 Å². The van der Waals surface area contributed by atoms with Gasteiger partial charge in [-0.25, -0.2) is 17.4 Å². The van der Waals surface area contributed by atoms with E-state index in [-0.39, 0.29) is 9.92 Å². The molecule has 0 radical (unpaired) electrons. The van der Waals surface area contributed by atoms with Gasteiger partial charge in [-0.1, -0.05) is 84.4 Å². The van der Waals surface area contributed by atoms with Gasteiger partial charge in [0.2, 0.25) is 0 Å². The van der Waals surface area contributed by atoms with Crippen LogP contribution in [0.4, 0.5) is 11.4 Å². The third kappa shape index (κ3) is 8.11. The maximum Gasteiger partial charge on any atom is 0.265 e. The van der Waals surface area contributed by atoms with E-state index in [9.17, 15) is 13.2 Å². The third-order valence-corrected chi connectivity index (χ3v) is 13.9. The molecule has 1 saturated heterocycles. The minimum absolute atomic E-state index is 0.0596. The van der Waals surface area contributed by atoms with E-state index < -0.39 is 15.9 Å². The number of halogens is 1. The van der Waals surface area contributed by atoms with Crippen LogP contribution in [0, 0.1) is 0 Å². The predicted octanol–water partition coefficient (Wildman–Crippen LogP) is 8.25. The number of hydrogen-bond donors (Lipinski definition) is 2. The van der Waals surface area contributed by atoms with Crippen molar-refractivity contribution in [2.75, 3.05) is 48.8 Å². The van der Waals surface area contributed by atoms with Crippen molar-refractivity contribution in [2.24, 2.45) is 0 Å². The number of sulfonamides is 1. The third-order valence-electron chi connectivity index (χ3n) is 10.0. The van der Waals surface area contributed by atoms with Crippen LogP contribution in [0.3, 0.4) is 0 Å². The lowest BCUT2D eigenvalue weighted by atomic mass is 9.92. The van der Waals surface area contributed by atoms with Crippen LogP contribution < -0.4 is 14.9 Å². The Labute approximate surface area is 325 Å². The van der Waals surface area contributed by atoms with Gasteiger partial charge < -0.3 is 10.2 Å². The SMILES string of the molecule is O=C(NS(=O)(=O)c1cc2c(cc1Cl)NCN(CCSc1ccccc1)S2)c1ccc2c(c1)CC[C@H]1CN(Cc3ccccc3-c3ccccc3)CCN21. The molecule has 5 aromatic carbocycles. The Hall–Kier alpha value is -3.97. The van der Waals surface area contributed by atoms with Crippen molar-refractivity contribution in [1.29, 1.82) is 0 Å².